The summed E-state index contributed by atoms with van der Waals surface area (Å²) in [5.74, 6) is -0.00968. The van der Waals surface area contributed by atoms with E-state index in [1.165, 1.54) is 12.1 Å². The Morgan fingerprint density at radius 1 is 1.28 bits per heavy atom. The zero-order chi connectivity index (χ0) is 11.4. The molecule has 0 bridgehead atoms. The Morgan fingerprint density at radius 2 is 2.06 bits per heavy atom. The molecule has 0 unspecified atom stereocenters. The molecule has 0 saturated heterocycles. The van der Waals surface area contributed by atoms with E-state index in [2.05, 4.69) is 6.07 Å². The van der Waals surface area contributed by atoms with Crippen molar-refractivity contribution < 1.29 is 26.1 Å². The number of hydrogen-bond donors (Lipinski definition) is 0. The van der Waals surface area contributed by atoms with Crippen LogP contribution in [0.4, 0.5) is 4.39 Å². The molecular weight excluding hydrogens is 331 g/mol. The second-order valence-corrected chi connectivity index (χ2v) is 3.68. The summed E-state index contributed by atoms with van der Waals surface area (Å²) in [4.78, 5) is 0. The third-order valence-corrected chi connectivity index (χ3v) is 2.37. The molecular formula is C13H9BrClFMgO. The van der Waals surface area contributed by atoms with Crippen LogP contribution >= 0.6 is 11.6 Å². The molecule has 0 heterocycles. The molecule has 90 valence electrons. The third-order valence-electron chi connectivity index (χ3n) is 2.07. The van der Waals surface area contributed by atoms with Crippen LogP contribution in [0.1, 0.15) is 5.56 Å². The molecule has 0 amide bonds. The SMILES string of the molecule is Fc1cc(OCc2c[c-]ccc2)ccc1Cl.[Br-].[Mg+2]. The molecule has 0 aliphatic carbocycles. The maximum atomic E-state index is 13.1. The Balaban J connectivity index is 0.00000144. The first-order valence-corrected chi connectivity index (χ1v) is 5.16. The van der Waals surface area contributed by atoms with Crippen molar-refractivity contribution in [1.29, 1.82) is 0 Å². The van der Waals surface area contributed by atoms with Gasteiger partial charge in [-0.1, -0.05) is 11.6 Å². The van der Waals surface area contributed by atoms with E-state index >= 15 is 0 Å². The van der Waals surface area contributed by atoms with Gasteiger partial charge in [0.2, 0.25) is 0 Å². The minimum absolute atomic E-state index is 0. The molecule has 0 radical (unpaired) electrons. The van der Waals surface area contributed by atoms with Crippen LogP contribution in [0.2, 0.25) is 5.02 Å². The van der Waals surface area contributed by atoms with Crippen molar-refractivity contribution in [2.75, 3.05) is 0 Å². The predicted octanol–water partition coefficient (Wildman–Crippen LogP) is 0.481. The van der Waals surface area contributed by atoms with E-state index in [0.717, 1.165) is 5.56 Å². The van der Waals surface area contributed by atoms with Gasteiger partial charge in [0.25, 0.3) is 0 Å². The van der Waals surface area contributed by atoms with Crippen LogP contribution in [0.5, 0.6) is 5.75 Å². The number of hydrogen-bond acceptors (Lipinski definition) is 1. The van der Waals surface area contributed by atoms with Crippen LogP contribution in [-0.2, 0) is 6.61 Å². The Bertz CT molecular complexity index is 482. The number of halogens is 3. The number of ether oxygens (including phenoxy) is 1. The van der Waals surface area contributed by atoms with Crippen molar-refractivity contribution in [2.24, 2.45) is 0 Å². The fourth-order valence-electron chi connectivity index (χ4n) is 1.25. The molecule has 0 spiro atoms. The molecule has 0 aliphatic heterocycles. The fraction of sp³-hybridized carbons (Fsp3) is 0.0769. The van der Waals surface area contributed by atoms with E-state index in [4.69, 9.17) is 16.3 Å². The van der Waals surface area contributed by atoms with Crippen LogP contribution < -0.4 is 21.7 Å². The summed E-state index contributed by atoms with van der Waals surface area (Å²) in [6.07, 6.45) is 0. The summed E-state index contributed by atoms with van der Waals surface area (Å²) in [6.45, 7) is 0.387. The van der Waals surface area contributed by atoms with Crippen LogP contribution in [0.3, 0.4) is 0 Å². The Labute approximate surface area is 137 Å². The van der Waals surface area contributed by atoms with Gasteiger partial charge in [0, 0.05) is 6.07 Å². The van der Waals surface area contributed by atoms with Gasteiger partial charge < -0.3 is 21.7 Å². The molecule has 0 fully saturated rings. The minimum atomic E-state index is -0.473. The minimum Gasteiger partial charge on any atom is -1.00 e. The predicted molar refractivity (Wildman–Crippen MR) is 66.8 cm³/mol. The van der Waals surface area contributed by atoms with E-state index in [1.807, 2.05) is 24.3 Å². The first kappa shape index (κ1) is 17.7. The van der Waals surface area contributed by atoms with Gasteiger partial charge >= 0.3 is 23.1 Å². The van der Waals surface area contributed by atoms with Crippen LogP contribution in [0.25, 0.3) is 0 Å². The van der Waals surface area contributed by atoms with Gasteiger partial charge in [-0.2, -0.15) is 30.3 Å². The molecule has 2 aromatic carbocycles. The molecule has 1 nitrogen and oxygen atoms in total. The van der Waals surface area contributed by atoms with Gasteiger partial charge in [0.15, 0.2) is 0 Å². The van der Waals surface area contributed by atoms with E-state index in [9.17, 15) is 4.39 Å². The zero-order valence-electron chi connectivity index (χ0n) is 9.50. The fourth-order valence-corrected chi connectivity index (χ4v) is 1.37. The molecule has 0 aromatic heterocycles. The first-order chi connectivity index (χ1) is 7.75. The normalized spacial score (nSPS) is 9.00. The number of benzene rings is 2. The average molecular weight is 340 g/mol. The van der Waals surface area contributed by atoms with Crippen molar-refractivity contribution in [3.05, 3.63) is 64.9 Å². The third kappa shape index (κ3) is 5.14. The monoisotopic (exact) mass is 338 g/mol. The standard InChI is InChI=1S/C13H9ClFO.BrH.Mg/c14-12-7-6-11(8-13(12)15)16-9-10-4-2-1-3-5-10;;/h1-2,4-8H,9H2;1H;/q-1;;+2/p-1. The average Bonchev–Trinajstić information content (AvgIpc) is 2.32. The summed E-state index contributed by atoms with van der Waals surface area (Å²) in [5, 5.41) is 0.0976. The zero-order valence-corrected chi connectivity index (χ0v) is 13.3. The van der Waals surface area contributed by atoms with Gasteiger partial charge in [-0.15, -0.1) is 5.56 Å². The summed E-state index contributed by atoms with van der Waals surface area (Å²) in [5.41, 5.74) is 0.984. The van der Waals surface area contributed by atoms with Gasteiger partial charge in [-0.3, -0.25) is 0 Å². The quantitative estimate of drug-likeness (QED) is 0.584. The van der Waals surface area contributed by atoms with Crippen molar-refractivity contribution in [2.45, 2.75) is 6.61 Å². The van der Waals surface area contributed by atoms with Gasteiger partial charge in [-0.05, 0) is 12.1 Å². The van der Waals surface area contributed by atoms with Gasteiger partial charge in [0.05, 0.1) is 11.6 Å². The van der Waals surface area contributed by atoms with Crippen molar-refractivity contribution in [1.82, 2.24) is 0 Å². The second-order valence-electron chi connectivity index (χ2n) is 3.28. The molecule has 2 aromatic rings. The van der Waals surface area contributed by atoms with Gasteiger partial charge in [-0.25, -0.2) is 4.39 Å². The number of rotatable bonds is 3. The van der Waals surface area contributed by atoms with Crippen LogP contribution in [0, 0.1) is 11.9 Å². The second kappa shape index (κ2) is 8.75. The molecule has 0 N–H and O–H groups in total. The largest absolute Gasteiger partial charge is 2.00 e. The van der Waals surface area contributed by atoms with E-state index in [1.54, 1.807) is 6.07 Å². The maximum Gasteiger partial charge on any atom is 2.00 e. The first-order valence-electron chi connectivity index (χ1n) is 4.78. The smallest absolute Gasteiger partial charge is 1.00 e. The van der Waals surface area contributed by atoms with Gasteiger partial charge in [0.1, 0.15) is 11.6 Å². The van der Waals surface area contributed by atoms with Crippen molar-refractivity contribution in [3.8, 4) is 5.75 Å². The topological polar surface area (TPSA) is 9.23 Å². The molecule has 0 aliphatic rings. The Morgan fingerprint density at radius 3 is 2.67 bits per heavy atom. The molecule has 2 rings (SSSR count). The molecule has 0 saturated carbocycles. The molecule has 5 heteroatoms. The summed E-state index contributed by atoms with van der Waals surface area (Å²) < 4.78 is 18.5. The summed E-state index contributed by atoms with van der Waals surface area (Å²) >= 11 is 5.56. The van der Waals surface area contributed by atoms with Crippen molar-refractivity contribution >= 4 is 34.7 Å². The van der Waals surface area contributed by atoms with Crippen LogP contribution in [-0.4, -0.2) is 23.1 Å². The molecule has 0 atom stereocenters. The maximum absolute atomic E-state index is 13.1. The van der Waals surface area contributed by atoms with Crippen LogP contribution in [0.15, 0.2) is 42.5 Å². The van der Waals surface area contributed by atoms with Crippen molar-refractivity contribution in [3.63, 3.8) is 0 Å². The Hall–Kier alpha value is -0.294. The van der Waals surface area contributed by atoms with E-state index in [0.29, 0.717) is 12.4 Å². The van der Waals surface area contributed by atoms with E-state index in [-0.39, 0.29) is 45.1 Å². The summed E-state index contributed by atoms with van der Waals surface area (Å²) in [7, 11) is 0. The Kier molecular flexibility index (Phi) is 8.60. The van der Waals surface area contributed by atoms with E-state index < -0.39 is 5.82 Å². The summed E-state index contributed by atoms with van der Waals surface area (Å²) in [6, 6.07) is 14.8. The molecule has 18 heavy (non-hydrogen) atoms.